The van der Waals surface area contributed by atoms with Crippen molar-refractivity contribution in [3.8, 4) is 0 Å². The van der Waals surface area contributed by atoms with Gasteiger partial charge >= 0.3 is 0 Å². The lowest BCUT2D eigenvalue weighted by Crippen LogP contribution is -2.11. The Kier molecular flexibility index (Phi) is 3.40. The minimum absolute atomic E-state index is 0.00377. The fourth-order valence-corrected chi connectivity index (χ4v) is 3.51. The molecule has 0 radical (unpaired) electrons. The molecular weight excluding hydrogens is 238 g/mol. The van der Waals surface area contributed by atoms with Crippen LogP contribution in [0.2, 0.25) is 0 Å². The quantitative estimate of drug-likeness (QED) is 0.813. The number of primary amides is 1. The third-order valence-electron chi connectivity index (χ3n) is 1.44. The predicted octanol–water partition coefficient (Wildman–Crippen LogP) is 0.0667. The predicted molar refractivity (Wildman–Crippen MR) is 55.3 cm³/mol. The topological polar surface area (TPSA) is 103 Å². The molecule has 0 atom stereocenters. The van der Waals surface area contributed by atoms with Gasteiger partial charge in [0.05, 0.1) is 5.75 Å². The van der Waals surface area contributed by atoms with Crippen molar-refractivity contribution in [2.45, 2.75) is 18.2 Å². The fraction of sp³-hybridized carbons (Fsp3) is 0.571. The van der Waals surface area contributed by atoms with Gasteiger partial charge in [0.15, 0.2) is 0 Å². The molecule has 1 rings (SSSR count). The van der Waals surface area contributed by atoms with Gasteiger partial charge in [0.2, 0.25) is 19.2 Å². The SMILES string of the molecule is CC(C)CS(=O)(=O)c1nnc(C(N)=O)s1. The summed E-state index contributed by atoms with van der Waals surface area (Å²) in [6.45, 7) is 3.57. The summed E-state index contributed by atoms with van der Waals surface area (Å²) in [4.78, 5) is 10.7. The van der Waals surface area contributed by atoms with Crippen LogP contribution in [0.1, 0.15) is 23.6 Å². The van der Waals surface area contributed by atoms with Crippen molar-refractivity contribution in [3.63, 3.8) is 0 Å². The number of nitrogens with zero attached hydrogens (tertiary/aromatic N) is 2. The third kappa shape index (κ3) is 2.96. The van der Waals surface area contributed by atoms with Gasteiger partial charge in [-0.15, -0.1) is 10.2 Å². The summed E-state index contributed by atoms with van der Waals surface area (Å²) >= 11 is 0.705. The van der Waals surface area contributed by atoms with E-state index in [0.29, 0.717) is 11.3 Å². The minimum atomic E-state index is -3.44. The lowest BCUT2D eigenvalue weighted by Gasteiger charge is -2.01. The van der Waals surface area contributed by atoms with Crippen LogP contribution in [0, 0.1) is 5.92 Å². The molecule has 0 spiro atoms. The highest BCUT2D eigenvalue weighted by Gasteiger charge is 2.22. The minimum Gasteiger partial charge on any atom is -0.363 e. The maximum absolute atomic E-state index is 11.6. The van der Waals surface area contributed by atoms with Crippen molar-refractivity contribution in [1.82, 2.24) is 10.2 Å². The van der Waals surface area contributed by atoms with Gasteiger partial charge in [-0.05, 0) is 5.92 Å². The zero-order valence-electron chi connectivity index (χ0n) is 8.30. The Balaban J connectivity index is 3.01. The first-order chi connectivity index (χ1) is 6.83. The van der Waals surface area contributed by atoms with E-state index in [1.807, 2.05) is 0 Å². The number of nitrogens with two attached hydrogens (primary N) is 1. The molecule has 0 fully saturated rings. The molecular formula is C7H11N3O3S2. The number of rotatable bonds is 4. The van der Waals surface area contributed by atoms with Gasteiger partial charge in [0.1, 0.15) is 0 Å². The van der Waals surface area contributed by atoms with Gasteiger partial charge in [-0.3, -0.25) is 4.79 Å². The van der Waals surface area contributed by atoms with Gasteiger partial charge in [0.25, 0.3) is 5.91 Å². The third-order valence-corrected chi connectivity index (χ3v) is 4.90. The number of hydrogen-bond donors (Lipinski definition) is 1. The lowest BCUT2D eigenvalue weighted by atomic mass is 10.3. The van der Waals surface area contributed by atoms with E-state index in [0.717, 1.165) is 0 Å². The molecule has 84 valence electrons. The Morgan fingerprint density at radius 3 is 2.47 bits per heavy atom. The molecule has 0 aromatic carbocycles. The summed E-state index contributed by atoms with van der Waals surface area (Å²) in [6, 6.07) is 0. The molecule has 0 unspecified atom stereocenters. The Labute approximate surface area is 91.4 Å². The standard InChI is InChI=1S/C7H11N3O3S2/c1-4(2)3-15(12,13)7-10-9-6(14-7)5(8)11/h4H,3H2,1-2H3,(H2,8,11). The molecule has 0 bridgehead atoms. The molecule has 1 amide bonds. The van der Waals surface area contributed by atoms with Gasteiger partial charge in [-0.1, -0.05) is 25.2 Å². The van der Waals surface area contributed by atoms with E-state index in [1.165, 1.54) is 0 Å². The van der Waals surface area contributed by atoms with Crippen molar-refractivity contribution in [2.24, 2.45) is 11.7 Å². The molecule has 1 aromatic rings. The fourth-order valence-electron chi connectivity index (χ4n) is 0.945. The second kappa shape index (κ2) is 4.23. The lowest BCUT2D eigenvalue weighted by molar-refractivity contribution is 0.0999. The van der Waals surface area contributed by atoms with E-state index >= 15 is 0 Å². The van der Waals surface area contributed by atoms with Crippen LogP contribution in [-0.2, 0) is 9.84 Å². The number of carbonyl (C=O) groups excluding carboxylic acids is 1. The van der Waals surface area contributed by atoms with Crippen LogP contribution < -0.4 is 5.73 Å². The smallest absolute Gasteiger partial charge is 0.279 e. The Bertz CT molecular complexity index is 464. The van der Waals surface area contributed by atoms with E-state index in [2.05, 4.69) is 10.2 Å². The number of aromatic nitrogens is 2. The van der Waals surface area contributed by atoms with Crippen molar-refractivity contribution in [2.75, 3.05) is 5.75 Å². The van der Waals surface area contributed by atoms with E-state index in [9.17, 15) is 13.2 Å². The largest absolute Gasteiger partial charge is 0.363 e. The maximum Gasteiger partial charge on any atom is 0.279 e. The van der Waals surface area contributed by atoms with Crippen LogP contribution in [0.15, 0.2) is 4.34 Å². The van der Waals surface area contributed by atoms with Crippen molar-refractivity contribution in [3.05, 3.63) is 5.01 Å². The highest BCUT2D eigenvalue weighted by molar-refractivity contribution is 7.93. The zero-order valence-corrected chi connectivity index (χ0v) is 9.93. The average Bonchev–Trinajstić information content (AvgIpc) is 2.48. The van der Waals surface area contributed by atoms with Crippen molar-refractivity contribution < 1.29 is 13.2 Å². The van der Waals surface area contributed by atoms with Crippen molar-refractivity contribution >= 4 is 27.1 Å². The molecule has 1 heterocycles. The first-order valence-electron chi connectivity index (χ1n) is 4.19. The van der Waals surface area contributed by atoms with Gasteiger partial charge in [-0.25, -0.2) is 8.42 Å². The number of sulfone groups is 1. The molecule has 0 saturated heterocycles. The van der Waals surface area contributed by atoms with E-state index in [-0.39, 0.29) is 21.0 Å². The summed E-state index contributed by atoms with van der Waals surface area (Å²) in [7, 11) is -3.44. The highest BCUT2D eigenvalue weighted by atomic mass is 32.2. The van der Waals surface area contributed by atoms with Crippen LogP contribution in [-0.4, -0.2) is 30.3 Å². The first-order valence-corrected chi connectivity index (χ1v) is 6.66. The number of hydrogen-bond acceptors (Lipinski definition) is 6. The van der Waals surface area contributed by atoms with Crippen molar-refractivity contribution in [1.29, 1.82) is 0 Å². The Morgan fingerprint density at radius 2 is 2.07 bits per heavy atom. The summed E-state index contributed by atoms with van der Waals surface area (Å²) in [5.74, 6) is -0.783. The molecule has 6 nitrogen and oxygen atoms in total. The average molecular weight is 249 g/mol. The van der Waals surface area contributed by atoms with Crippen LogP contribution in [0.25, 0.3) is 0 Å². The maximum atomic E-state index is 11.6. The van der Waals surface area contributed by atoms with E-state index < -0.39 is 15.7 Å². The molecule has 2 N–H and O–H groups in total. The van der Waals surface area contributed by atoms with Crippen LogP contribution >= 0.6 is 11.3 Å². The van der Waals surface area contributed by atoms with E-state index in [4.69, 9.17) is 5.73 Å². The summed E-state index contributed by atoms with van der Waals surface area (Å²) in [5, 5.41) is 6.76. The Morgan fingerprint density at radius 1 is 1.47 bits per heavy atom. The van der Waals surface area contributed by atoms with Gasteiger partial charge in [-0.2, -0.15) is 0 Å². The second-order valence-corrected chi connectivity index (χ2v) is 6.60. The molecule has 0 aliphatic rings. The normalized spacial score (nSPS) is 11.9. The van der Waals surface area contributed by atoms with E-state index in [1.54, 1.807) is 13.8 Å². The summed E-state index contributed by atoms with van der Waals surface area (Å²) in [5.41, 5.74) is 4.95. The van der Waals surface area contributed by atoms with Crippen LogP contribution in [0.5, 0.6) is 0 Å². The number of carbonyl (C=O) groups is 1. The highest BCUT2D eigenvalue weighted by Crippen LogP contribution is 2.18. The molecule has 0 aliphatic carbocycles. The number of amides is 1. The molecule has 1 aromatic heterocycles. The molecule has 8 heteroatoms. The van der Waals surface area contributed by atoms with Gasteiger partial charge < -0.3 is 5.73 Å². The Hall–Kier alpha value is -1.02. The first kappa shape index (κ1) is 12.1. The van der Waals surface area contributed by atoms with Crippen LogP contribution in [0.3, 0.4) is 0 Å². The van der Waals surface area contributed by atoms with Gasteiger partial charge in [0, 0.05) is 0 Å². The summed E-state index contributed by atoms with van der Waals surface area (Å²) in [6.07, 6.45) is 0. The molecule has 0 aliphatic heterocycles. The molecule has 0 saturated carbocycles. The summed E-state index contributed by atoms with van der Waals surface area (Å²) < 4.78 is 23.1. The monoisotopic (exact) mass is 249 g/mol. The second-order valence-electron chi connectivity index (χ2n) is 3.41. The molecule has 15 heavy (non-hydrogen) atoms. The van der Waals surface area contributed by atoms with Crippen LogP contribution in [0.4, 0.5) is 0 Å². The zero-order chi connectivity index (χ0) is 11.6.